The molecule has 3 rings (SSSR count). The molecule has 2 aromatic heterocycles. The maximum absolute atomic E-state index is 13.5. The van der Waals surface area contributed by atoms with Gasteiger partial charge < -0.3 is 5.32 Å². The van der Waals surface area contributed by atoms with E-state index in [-0.39, 0.29) is 11.7 Å². The molecular weight excluding hydrogens is 363 g/mol. The number of carbonyl (C=O) groups excluding carboxylic acids is 1. The number of hydrogen-bond acceptors (Lipinski definition) is 5. The highest BCUT2D eigenvalue weighted by Crippen LogP contribution is 2.28. The fourth-order valence-electron chi connectivity index (χ4n) is 2.01. The molecule has 0 bridgehead atoms. The predicted octanol–water partition coefficient (Wildman–Crippen LogP) is 4.67. The Hall–Kier alpha value is -1.70. The molecule has 0 unspecified atom stereocenters. The van der Waals surface area contributed by atoms with E-state index in [0.29, 0.717) is 22.7 Å². The summed E-state index contributed by atoms with van der Waals surface area (Å²) in [6, 6.07) is 10.7. The molecule has 0 saturated carbocycles. The molecule has 7 heteroatoms. The molecule has 0 aliphatic rings. The maximum Gasteiger partial charge on any atom is 0.263 e. The Morgan fingerprint density at radius 1 is 1.25 bits per heavy atom. The van der Waals surface area contributed by atoms with Gasteiger partial charge in [0.25, 0.3) is 5.91 Å². The van der Waals surface area contributed by atoms with Crippen LogP contribution in [0.4, 0.5) is 4.39 Å². The van der Waals surface area contributed by atoms with Crippen LogP contribution in [0.1, 0.15) is 15.2 Å². The zero-order valence-electron chi connectivity index (χ0n) is 12.7. The quantitative estimate of drug-likeness (QED) is 0.607. The third kappa shape index (κ3) is 4.43. The van der Waals surface area contributed by atoms with E-state index in [9.17, 15) is 9.18 Å². The minimum atomic E-state index is -0.181. The van der Waals surface area contributed by atoms with Gasteiger partial charge in [0, 0.05) is 18.1 Å². The predicted molar refractivity (Wildman–Crippen MR) is 100 cm³/mol. The molecule has 24 heavy (non-hydrogen) atoms. The molecule has 0 aliphatic heterocycles. The summed E-state index contributed by atoms with van der Waals surface area (Å²) >= 11 is 4.59. The van der Waals surface area contributed by atoms with Crippen LogP contribution in [0.2, 0.25) is 0 Å². The number of nitrogens with one attached hydrogen (secondary N) is 1. The standard InChI is InChI=1S/C17H15FN2OS3/c18-13-5-2-1-4-12(13)11-22-9-7-19-16(21)15-10-20-17(24-15)14-6-3-8-23-14/h1-6,8,10H,7,9,11H2,(H,19,21). The number of thioether (sulfide) groups is 1. The Balaban J connectivity index is 1.42. The van der Waals surface area contributed by atoms with Crippen LogP contribution in [0, 0.1) is 5.82 Å². The fraction of sp³-hybridized carbons (Fsp3) is 0.176. The summed E-state index contributed by atoms with van der Waals surface area (Å²) in [5, 5.41) is 5.73. The number of thiazole rings is 1. The minimum Gasteiger partial charge on any atom is -0.350 e. The Labute approximate surface area is 152 Å². The zero-order valence-corrected chi connectivity index (χ0v) is 15.1. The minimum absolute atomic E-state index is 0.109. The molecule has 0 spiro atoms. The first-order valence-electron chi connectivity index (χ1n) is 7.33. The van der Waals surface area contributed by atoms with Gasteiger partial charge in [0.1, 0.15) is 15.7 Å². The number of halogens is 1. The van der Waals surface area contributed by atoms with Gasteiger partial charge in [-0.2, -0.15) is 11.8 Å². The Bertz CT molecular complexity index is 802. The summed E-state index contributed by atoms with van der Waals surface area (Å²) in [6.07, 6.45) is 1.61. The summed E-state index contributed by atoms with van der Waals surface area (Å²) in [6.45, 7) is 0.546. The lowest BCUT2D eigenvalue weighted by molar-refractivity contribution is 0.0960. The molecule has 124 valence electrons. The fourth-order valence-corrected chi connectivity index (χ4v) is 4.50. The first-order valence-corrected chi connectivity index (χ1v) is 10.2. The number of benzene rings is 1. The van der Waals surface area contributed by atoms with Crippen molar-refractivity contribution in [1.82, 2.24) is 10.3 Å². The molecule has 2 heterocycles. The van der Waals surface area contributed by atoms with E-state index in [1.807, 2.05) is 23.6 Å². The third-order valence-corrected chi connectivity index (χ3v) is 6.25. The second kappa shape index (κ2) is 8.41. The molecule has 3 nitrogen and oxygen atoms in total. The van der Waals surface area contributed by atoms with Gasteiger partial charge in [-0.3, -0.25) is 4.79 Å². The van der Waals surface area contributed by atoms with Crippen LogP contribution in [-0.4, -0.2) is 23.2 Å². The summed E-state index contributed by atoms with van der Waals surface area (Å²) in [7, 11) is 0. The van der Waals surface area contributed by atoms with E-state index < -0.39 is 0 Å². The Morgan fingerprint density at radius 2 is 2.12 bits per heavy atom. The maximum atomic E-state index is 13.5. The highest BCUT2D eigenvalue weighted by molar-refractivity contribution is 7.98. The lowest BCUT2D eigenvalue weighted by atomic mass is 10.2. The number of thiophene rings is 1. The lowest BCUT2D eigenvalue weighted by Crippen LogP contribution is -2.24. The van der Waals surface area contributed by atoms with Crippen molar-refractivity contribution in [2.45, 2.75) is 5.75 Å². The van der Waals surface area contributed by atoms with E-state index in [4.69, 9.17) is 0 Å². The highest BCUT2D eigenvalue weighted by atomic mass is 32.2. The van der Waals surface area contributed by atoms with Crippen LogP contribution in [0.15, 0.2) is 48.0 Å². The summed E-state index contributed by atoms with van der Waals surface area (Å²) < 4.78 is 13.5. The molecule has 1 N–H and O–H groups in total. The van der Waals surface area contributed by atoms with Gasteiger partial charge in [-0.1, -0.05) is 24.3 Å². The molecule has 3 aromatic rings. The Morgan fingerprint density at radius 3 is 2.92 bits per heavy atom. The number of aromatic nitrogens is 1. The summed E-state index contributed by atoms with van der Waals surface area (Å²) in [4.78, 5) is 18.1. The monoisotopic (exact) mass is 378 g/mol. The normalized spacial score (nSPS) is 10.7. The van der Waals surface area contributed by atoms with Crippen molar-refractivity contribution in [3.05, 3.63) is 64.2 Å². The molecule has 1 aromatic carbocycles. The van der Waals surface area contributed by atoms with E-state index in [1.54, 1.807) is 41.4 Å². The third-order valence-electron chi connectivity index (χ3n) is 3.21. The number of nitrogens with zero attached hydrogens (tertiary/aromatic N) is 1. The van der Waals surface area contributed by atoms with Gasteiger partial charge >= 0.3 is 0 Å². The number of carbonyl (C=O) groups is 1. The van der Waals surface area contributed by atoms with Gasteiger partial charge in [0.15, 0.2) is 0 Å². The van der Waals surface area contributed by atoms with Crippen LogP contribution in [0.3, 0.4) is 0 Å². The van der Waals surface area contributed by atoms with Crippen LogP contribution < -0.4 is 5.32 Å². The van der Waals surface area contributed by atoms with Crippen molar-refractivity contribution in [3.63, 3.8) is 0 Å². The van der Waals surface area contributed by atoms with Crippen molar-refractivity contribution in [2.24, 2.45) is 0 Å². The smallest absolute Gasteiger partial charge is 0.263 e. The average Bonchev–Trinajstić information content (AvgIpc) is 3.27. The van der Waals surface area contributed by atoms with E-state index in [2.05, 4.69) is 10.3 Å². The van der Waals surface area contributed by atoms with Gasteiger partial charge in [-0.05, 0) is 23.1 Å². The van der Waals surface area contributed by atoms with Crippen molar-refractivity contribution in [1.29, 1.82) is 0 Å². The molecule has 0 radical (unpaired) electrons. The number of amides is 1. The molecule has 1 amide bonds. The number of rotatable bonds is 7. The van der Waals surface area contributed by atoms with Gasteiger partial charge in [0.05, 0.1) is 11.1 Å². The highest BCUT2D eigenvalue weighted by Gasteiger charge is 2.11. The van der Waals surface area contributed by atoms with E-state index in [0.717, 1.165) is 15.6 Å². The van der Waals surface area contributed by atoms with Gasteiger partial charge in [0.2, 0.25) is 0 Å². The summed E-state index contributed by atoms with van der Waals surface area (Å²) in [5.74, 6) is 1.05. The topological polar surface area (TPSA) is 42.0 Å². The molecule has 0 saturated heterocycles. The van der Waals surface area contributed by atoms with Crippen LogP contribution in [0.25, 0.3) is 9.88 Å². The SMILES string of the molecule is O=C(NCCSCc1ccccc1F)c1cnc(-c2cccs2)s1. The van der Waals surface area contributed by atoms with Crippen molar-refractivity contribution in [3.8, 4) is 9.88 Å². The van der Waals surface area contributed by atoms with Crippen LogP contribution >= 0.6 is 34.4 Å². The first kappa shape index (κ1) is 17.1. The molecule has 0 atom stereocenters. The largest absolute Gasteiger partial charge is 0.350 e. The van der Waals surface area contributed by atoms with E-state index in [1.165, 1.54) is 17.4 Å². The van der Waals surface area contributed by atoms with Crippen molar-refractivity contribution in [2.75, 3.05) is 12.3 Å². The molecule has 0 aliphatic carbocycles. The second-order valence-corrected chi connectivity index (χ2v) is 7.99. The molecular formula is C17H15FN2OS3. The second-order valence-electron chi connectivity index (χ2n) is 4.91. The van der Waals surface area contributed by atoms with E-state index >= 15 is 0 Å². The Kier molecular flexibility index (Phi) is 6.01. The average molecular weight is 379 g/mol. The van der Waals surface area contributed by atoms with Gasteiger partial charge in [-0.25, -0.2) is 9.37 Å². The van der Waals surface area contributed by atoms with Gasteiger partial charge in [-0.15, -0.1) is 22.7 Å². The first-order chi connectivity index (χ1) is 11.7. The van der Waals surface area contributed by atoms with Crippen molar-refractivity contribution >= 4 is 40.3 Å². The molecule has 0 fully saturated rings. The van der Waals surface area contributed by atoms with Crippen LogP contribution in [-0.2, 0) is 5.75 Å². The zero-order chi connectivity index (χ0) is 16.8. The van der Waals surface area contributed by atoms with Crippen molar-refractivity contribution < 1.29 is 9.18 Å². The summed E-state index contributed by atoms with van der Waals surface area (Å²) in [5.41, 5.74) is 0.692. The number of hydrogen-bond donors (Lipinski definition) is 1. The lowest BCUT2D eigenvalue weighted by Gasteiger charge is -2.04. The van der Waals surface area contributed by atoms with Crippen LogP contribution in [0.5, 0.6) is 0 Å².